The number of hydrogen-bond acceptors (Lipinski definition) is 1. The average Bonchev–Trinajstić information content (AvgIpc) is 2.64. The van der Waals surface area contributed by atoms with Gasteiger partial charge in [0.15, 0.2) is 0 Å². The van der Waals surface area contributed by atoms with E-state index in [1.54, 1.807) is 0 Å². The minimum atomic E-state index is 0.150. The Hall–Kier alpha value is -1.63. The normalized spacial score (nSPS) is 15.4. The summed E-state index contributed by atoms with van der Waals surface area (Å²) in [5.74, 6) is 1.70. The van der Waals surface area contributed by atoms with Crippen LogP contribution in [-0.2, 0) is 0 Å². The van der Waals surface area contributed by atoms with Crippen LogP contribution in [-0.4, -0.2) is 4.98 Å². The van der Waals surface area contributed by atoms with Gasteiger partial charge >= 0.3 is 0 Å². The summed E-state index contributed by atoms with van der Waals surface area (Å²) < 4.78 is 0. The second-order valence-electron chi connectivity index (χ2n) is 11.6. The molecule has 0 amide bonds. The molecule has 2 atom stereocenters. The van der Waals surface area contributed by atoms with Crippen LogP contribution in [0.2, 0.25) is 0 Å². The van der Waals surface area contributed by atoms with Crippen LogP contribution in [0.4, 0.5) is 0 Å². The Labute approximate surface area is 180 Å². The van der Waals surface area contributed by atoms with Gasteiger partial charge in [0.05, 0.1) is 0 Å². The molecule has 1 heteroatoms. The van der Waals surface area contributed by atoms with Crippen molar-refractivity contribution in [2.45, 2.75) is 87.0 Å². The van der Waals surface area contributed by atoms with E-state index in [9.17, 15) is 0 Å². The van der Waals surface area contributed by atoms with Gasteiger partial charge in [0.2, 0.25) is 0 Å². The fourth-order valence-corrected chi connectivity index (χ4v) is 4.77. The first-order valence-corrected chi connectivity index (χ1v) is 11.3. The molecule has 0 bridgehead atoms. The lowest BCUT2D eigenvalue weighted by Gasteiger charge is -2.51. The Morgan fingerprint density at radius 1 is 0.724 bits per heavy atom. The molecule has 2 unspecified atom stereocenters. The second kappa shape index (κ2) is 9.02. The summed E-state index contributed by atoms with van der Waals surface area (Å²) in [4.78, 5) is 4.27. The lowest BCUT2D eigenvalue weighted by atomic mass is 9.54. The molecular weight excluding hydrogens is 350 g/mol. The summed E-state index contributed by atoms with van der Waals surface area (Å²) in [6.45, 7) is 21.8. The molecule has 2 aromatic rings. The van der Waals surface area contributed by atoms with Gasteiger partial charge in [-0.15, -0.1) is 0 Å². The fourth-order valence-electron chi connectivity index (χ4n) is 4.77. The van der Waals surface area contributed by atoms with Crippen LogP contribution in [0.1, 0.15) is 98.1 Å². The number of hydrogen-bond donors (Lipinski definition) is 0. The summed E-state index contributed by atoms with van der Waals surface area (Å²) in [6.07, 6.45) is 6.28. The van der Waals surface area contributed by atoms with Crippen LogP contribution < -0.4 is 0 Å². The summed E-state index contributed by atoms with van der Waals surface area (Å²) in [7, 11) is 0. The van der Waals surface area contributed by atoms with Gasteiger partial charge in [-0.05, 0) is 70.1 Å². The van der Waals surface area contributed by atoms with E-state index in [0.717, 1.165) is 0 Å². The Bertz CT molecular complexity index is 735. The minimum absolute atomic E-state index is 0.150. The van der Waals surface area contributed by atoms with Gasteiger partial charge < -0.3 is 0 Å². The number of rotatable bonds is 8. The summed E-state index contributed by atoms with van der Waals surface area (Å²) >= 11 is 0. The van der Waals surface area contributed by atoms with E-state index in [1.165, 1.54) is 24.0 Å². The predicted molar refractivity (Wildman–Crippen MR) is 127 cm³/mol. The first-order valence-electron chi connectivity index (χ1n) is 11.3. The minimum Gasteiger partial charge on any atom is -0.265 e. The highest BCUT2D eigenvalue weighted by atomic mass is 14.6. The molecule has 1 aromatic carbocycles. The van der Waals surface area contributed by atoms with E-state index >= 15 is 0 Å². The maximum absolute atomic E-state index is 4.27. The van der Waals surface area contributed by atoms with Crippen molar-refractivity contribution in [3.8, 4) is 0 Å². The molecule has 0 aliphatic rings. The maximum Gasteiger partial charge on any atom is 0.0270 e. The molecule has 0 radical (unpaired) electrons. The van der Waals surface area contributed by atoms with Crippen molar-refractivity contribution in [2.24, 2.45) is 22.2 Å². The molecule has 0 saturated heterocycles. The molecule has 0 fully saturated rings. The second-order valence-corrected chi connectivity index (χ2v) is 11.6. The van der Waals surface area contributed by atoms with Gasteiger partial charge in [0.1, 0.15) is 0 Å². The van der Waals surface area contributed by atoms with E-state index in [4.69, 9.17) is 0 Å². The van der Waals surface area contributed by atoms with Crippen LogP contribution in [0, 0.1) is 22.2 Å². The fraction of sp³-hybridized carbons (Fsp3) is 0.607. The van der Waals surface area contributed by atoms with Gasteiger partial charge in [-0.2, -0.15) is 0 Å². The van der Waals surface area contributed by atoms with Crippen LogP contribution in [0.25, 0.3) is 0 Å². The first kappa shape index (κ1) is 23.6. The molecule has 0 saturated carbocycles. The lowest BCUT2D eigenvalue weighted by Crippen LogP contribution is -2.41. The van der Waals surface area contributed by atoms with Crippen molar-refractivity contribution < 1.29 is 0 Å². The van der Waals surface area contributed by atoms with Crippen molar-refractivity contribution >= 4 is 0 Å². The molecule has 1 heterocycles. The zero-order valence-corrected chi connectivity index (χ0v) is 20.3. The van der Waals surface area contributed by atoms with Crippen molar-refractivity contribution in [3.63, 3.8) is 0 Å². The number of benzene rings is 1. The summed E-state index contributed by atoms with van der Waals surface area (Å²) in [5.41, 5.74) is 3.44. The third-order valence-corrected chi connectivity index (χ3v) is 7.39. The molecule has 0 N–H and O–H groups in total. The van der Waals surface area contributed by atoms with Crippen LogP contribution >= 0.6 is 0 Å². The molecule has 1 nitrogen and oxygen atoms in total. The van der Waals surface area contributed by atoms with Gasteiger partial charge in [-0.3, -0.25) is 4.98 Å². The highest BCUT2D eigenvalue weighted by molar-refractivity contribution is 5.24. The molecule has 0 aliphatic carbocycles. The van der Waals surface area contributed by atoms with E-state index in [-0.39, 0.29) is 16.2 Å². The summed E-state index contributed by atoms with van der Waals surface area (Å²) in [5, 5.41) is 0. The Morgan fingerprint density at radius 2 is 1.24 bits per heavy atom. The van der Waals surface area contributed by atoms with Gasteiger partial charge in [0.25, 0.3) is 0 Å². The number of aromatic nitrogens is 1. The zero-order chi connectivity index (χ0) is 21.9. The van der Waals surface area contributed by atoms with E-state index in [2.05, 4.69) is 110 Å². The molecule has 0 aliphatic heterocycles. The topological polar surface area (TPSA) is 12.9 Å². The first-order chi connectivity index (χ1) is 13.4. The van der Waals surface area contributed by atoms with Crippen LogP contribution in [0.3, 0.4) is 0 Å². The largest absolute Gasteiger partial charge is 0.265 e. The average molecular weight is 394 g/mol. The highest BCUT2D eigenvalue weighted by Crippen LogP contribution is 2.56. The predicted octanol–water partition coefficient (Wildman–Crippen LogP) is 8.48. The molecule has 2 rings (SSSR count). The summed E-state index contributed by atoms with van der Waals surface area (Å²) in [6, 6.07) is 15.6. The van der Waals surface area contributed by atoms with Crippen LogP contribution in [0.5, 0.6) is 0 Å². The van der Waals surface area contributed by atoms with Crippen molar-refractivity contribution in [2.75, 3.05) is 0 Å². The number of nitrogens with zero attached hydrogens (tertiary/aromatic N) is 1. The smallest absolute Gasteiger partial charge is 0.0270 e. The molecule has 29 heavy (non-hydrogen) atoms. The zero-order valence-electron chi connectivity index (χ0n) is 20.3. The SMILES string of the molecule is CC(C)CC(c1ccncc1)C(C)(C)C(C)(C)CC(c1ccccc1)C(C)(C)C. The monoisotopic (exact) mass is 393 g/mol. The quantitative estimate of drug-likeness (QED) is 0.438. The van der Waals surface area contributed by atoms with Gasteiger partial charge in [-0.25, -0.2) is 0 Å². The van der Waals surface area contributed by atoms with Crippen molar-refractivity contribution in [1.29, 1.82) is 0 Å². The Morgan fingerprint density at radius 3 is 1.72 bits per heavy atom. The van der Waals surface area contributed by atoms with E-state index in [1.807, 2.05) is 12.4 Å². The lowest BCUT2D eigenvalue weighted by molar-refractivity contribution is 0.0372. The Kier molecular flexibility index (Phi) is 7.36. The molecule has 0 spiro atoms. The molecule has 1 aromatic heterocycles. The van der Waals surface area contributed by atoms with E-state index < -0.39 is 0 Å². The maximum atomic E-state index is 4.27. The number of pyridine rings is 1. The standard InChI is InChI=1S/C28H43N/c1-21(2)19-24(23-15-17-29-18-16-23)28(8,9)27(6,7)20-25(26(3,4)5)22-13-11-10-12-14-22/h10-18,21,24-25H,19-20H2,1-9H3. The Balaban J connectivity index is 2.43. The third-order valence-electron chi connectivity index (χ3n) is 7.39. The van der Waals surface area contributed by atoms with Gasteiger partial charge in [-0.1, -0.05) is 92.6 Å². The van der Waals surface area contributed by atoms with Crippen LogP contribution in [0.15, 0.2) is 54.9 Å². The molecular formula is C28H43N. The highest BCUT2D eigenvalue weighted by Gasteiger charge is 2.46. The van der Waals surface area contributed by atoms with Crippen molar-refractivity contribution in [3.05, 3.63) is 66.0 Å². The third kappa shape index (κ3) is 5.71. The van der Waals surface area contributed by atoms with E-state index in [0.29, 0.717) is 17.8 Å². The molecule has 160 valence electrons. The van der Waals surface area contributed by atoms with Crippen molar-refractivity contribution in [1.82, 2.24) is 4.98 Å². The van der Waals surface area contributed by atoms with Gasteiger partial charge in [0, 0.05) is 12.4 Å².